The molecule has 146 valence electrons. The minimum Gasteiger partial charge on any atom is -0.399 e. The van der Waals surface area contributed by atoms with Crippen molar-refractivity contribution in [3.63, 3.8) is 0 Å². The SMILES string of the molecule is CC(C)NS(=O)(=O)c1ccc(-n2cc(B3OC(C)(C)C(C)(C)O3)cn2)cc1. The van der Waals surface area contributed by atoms with Crippen LogP contribution < -0.4 is 10.2 Å². The van der Waals surface area contributed by atoms with E-state index >= 15 is 0 Å². The molecule has 1 aromatic heterocycles. The maximum Gasteiger partial charge on any atom is 0.498 e. The van der Waals surface area contributed by atoms with Gasteiger partial charge in [-0.25, -0.2) is 17.8 Å². The van der Waals surface area contributed by atoms with Crippen LogP contribution in [-0.2, 0) is 19.3 Å². The van der Waals surface area contributed by atoms with Gasteiger partial charge in [-0.05, 0) is 65.8 Å². The summed E-state index contributed by atoms with van der Waals surface area (Å²) < 4.78 is 40.8. The summed E-state index contributed by atoms with van der Waals surface area (Å²) in [7, 11) is -4.00. The number of benzene rings is 1. The van der Waals surface area contributed by atoms with Crippen LogP contribution in [-0.4, -0.2) is 42.6 Å². The number of hydrogen-bond donors (Lipinski definition) is 1. The third kappa shape index (κ3) is 3.96. The zero-order chi connectivity index (χ0) is 20.0. The fourth-order valence-electron chi connectivity index (χ4n) is 2.74. The number of nitrogens with one attached hydrogen (secondary N) is 1. The van der Waals surface area contributed by atoms with Crippen molar-refractivity contribution >= 4 is 22.6 Å². The molecule has 27 heavy (non-hydrogen) atoms. The second kappa shape index (κ2) is 6.74. The van der Waals surface area contributed by atoms with E-state index in [-0.39, 0.29) is 10.9 Å². The fourth-order valence-corrected chi connectivity index (χ4v) is 3.99. The summed E-state index contributed by atoms with van der Waals surface area (Å²) in [6, 6.07) is 6.40. The first kappa shape index (κ1) is 20.1. The van der Waals surface area contributed by atoms with Gasteiger partial charge in [0, 0.05) is 23.9 Å². The van der Waals surface area contributed by atoms with Gasteiger partial charge in [-0.15, -0.1) is 0 Å². The summed E-state index contributed by atoms with van der Waals surface area (Å²) in [5.41, 5.74) is 0.728. The molecule has 2 aromatic rings. The molecule has 1 aliphatic heterocycles. The van der Waals surface area contributed by atoms with Crippen LogP contribution in [0.4, 0.5) is 0 Å². The van der Waals surface area contributed by atoms with Gasteiger partial charge in [-0.3, -0.25) is 0 Å². The van der Waals surface area contributed by atoms with Crippen LogP contribution in [0, 0.1) is 0 Å². The van der Waals surface area contributed by atoms with Gasteiger partial charge < -0.3 is 9.31 Å². The van der Waals surface area contributed by atoms with E-state index in [4.69, 9.17) is 9.31 Å². The summed E-state index contributed by atoms with van der Waals surface area (Å²) in [6.07, 6.45) is 3.53. The van der Waals surface area contributed by atoms with Gasteiger partial charge in [0.05, 0.1) is 21.8 Å². The van der Waals surface area contributed by atoms with Crippen LogP contribution in [0.5, 0.6) is 0 Å². The smallest absolute Gasteiger partial charge is 0.399 e. The molecule has 9 heteroatoms. The van der Waals surface area contributed by atoms with E-state index in [1.807, 2.05) is 33.9 Å². The maximum atomic E-state index is 12.2. The van der Waals surface area contributed by atoms with E-state index < -0.39 is 28.3 Å². The minimum atomic E-state index is -3.51. The van der Waals surface area contributed by atoms with Crippen molar-refractivity contribution in [3.05, 3.63) is 36.7 Å². The van der Waals surface area contributed by atoms with E-state index in [0.29, 0.717) is 0 Å². The monoisotopic (exact) mass is 391 g/mol. The number of aromatic nitrogens is 2. The molecule has 1 fully saturated rings. The molecule has 1 aromatic carbocycles. The second-order valence-electron chi connectivity index (χ2n) is 8.08. The van der Waals surface area contributed by atoms with Gasteiger partial charge in [0.2, 0.25) is 10.0 Å². The molecule has 0 radical (unpaired) electrons. The quantitative estimate of drug-likeness (QED) is 0.787. The predicted octanol–water partition coefficient (Wildman–Crippen LogP) is 1.86. The molecule has 0 spiro atoms. The van der Waals surface area contributed by atoms with Crippen LogP contribution in [0.1, 0.15) is 41.5 Å². The summed E-state index contributed by atoms with van der Waals surface area (Å²) in [6.45, 7) is 11.6. The molecular formula is C18H26BN3O4S. The summed E-state index contributed by atoms with van der Waals surface area (Å²) in [4.78, 5) is 0.221. The molecule has 0 unspecified atom stereocenters. The van der Waals surface area contributed by atoms with Crippen molar-refractivity contribution in [2.45, 2.75) is 63.7 Å². The van der Waals surface area contributed by atoms with Crippen LogP contribution in [0.15, 0.2) is 41.6 Å². The van der Waals surface area contributed by atoms with Crippen LogP contribution in [0.25, 0.3) is 5.69 Å². The van der Waals surface area contributed by atoms with Gasteiger partial charge in [-0.1, -0.05) is 0 Å². The third-order valence-electron chi connectivity index (χ3n) is 4.93. The Morgan fingerprint density at radius 2 is 1.63 bits per heavy atom. The number of hydrogen-bond acceptors (Lipinski definition) is 5. The van der Waals surface area contributed by atoms with Gasteiger partial charge in [-0.2, -0.15) is 5.10 Å². The topological polar surface area (TPSA) is 82.5 Å². The predicted molar refractivity (Wildman–Crippen MR) is 105 cm³/mol. The van der Waals surface area contributed by atoms with E-state index in [2.05, 4.69) is 9.82 Å². The lowest BCUT2D eigenvalue weighted by Crippen LogP contribution is -2.41. The van der Waals surface area contributed by atoms with Gasteiger partial charge in [0.1, 0.15) is 0 Å². The molecule has 0 aliphatic carbocycles. The average Bonchev–Trinajstić information content (AvgIpc) is 3.09. The van der Waals surface area contributed by atoms with Crippen molar-refractivity contribution < 1.29 is 17.7 Å². The highest BCUT2D eigenvalue weighted by molar-refractivity contribution is 7.89. The van der Waals surface area contributed by atoms with Crippen molar-refractivity contribution in [1.29, 1.82) is 0 Å². The van der Waals surface area contributed by atoms with E-state index in [1.54, 1.807) is 49.0 Å². The fraction of sp³-hybridized carbons (Fsp3) is 0.500. The van der Waals surface area contributed by atoms with Crippen molar-refractivity contribution in [1.82, 2.24) is 14.5 Å². The third-order valence-corrected chi connectivity index (χ3v) is 6.60. The van der Waals surface area contributed by atoms with Crippen LogP contribution >= 0.6 is 0 Å². The summed E-state index contributed by atoms with van der Waals surface area (Å²) in [5, 5.41) is 4.36. The molecule has 0 bridgehead atoms. The summed E-state index contributed by atoms with van der Waals surface area (Å²) >= 11 is 0. The molecular weight excluding hydrogens is 365 g/mol. The minimum absolute atomic E-state index is 0.164. The van der Waals surface area contributed by atoms with Crippen LogP contribution in [0.2, 0.25) is 0 Å². The molecule has 3 rings (SSSR count). The van der Waals surface area contributed by atoms with Crippen molar-refractivity contribution in [2.24, 2.45) is 0 Å². The molecule has 0 amide bonds. The Labute approximate surface area is 161 Å². The average molecular weight is 391 g/mol. The largest absolute Gasteiger partial charge is 0.498 e. The summed E-state index contributed by atoms with van der Waals surface area (Å²) in [5.74, 6) is 0. The Bertz CT molecular complexity index is 904. The Hall–Kier alpha value is -1.68. The molecule has 0 saturated carbocycles. The van der Waals surface area contributed by atoms with Gasteiger partial charge in [0.15, 0.2) is 0 Å². The molecule has 7 nitrogen and oxygen atoms in total. The molecule has 1 saturated heterocycles. The van der Waals surface area contributed by atoms with Crippen molar-refractivity contribution in [2.75, 3.05) is 0 Å². The number of nitrogens with zero attached hydrogens (tertiary/aromatic N) is 2. The first-order valence-corrected chi connectivity index (χ1v) is 10.4. The number of rotatable bonds is 5. The van der Waals surface area contributed by atoms with Crippen molar-refractivity contribution in [3.8, 4) is 5.69 Å². The first-order valence-electron chi connectivity index (χ1n) is 8.94. The van der Waals surface area contributed by atoms with Gasteiger partial charge in [0.25, 0.3) is 0 Å². The second-order valence-corrected chi connectivity index (χ2v) is 9.79. The lowest BCUT2D eigenvalue weighted by molar-refractivity contribution is 0.00578. The first-order chi connectivity index (χ1) is 12.4. The molecule has 1 N–H and O–H groups in total. The zero-order valence-corrected chi connectivity index (χ0v) is 17.4. The molecule has 0 atom stereocenters. The zero-order valence-electron chi connectivity index (χ0n) is 16.6. The van der Waals surface area contributed by atoms with E-state index in [1.165, 1.54) is 0 Å². The molecule has 1 aliphatic rings. The highest BCUT2D eigenvalue weighted by Crippen LogP contribution is 2.36. The van der Waals surface area contributed by atoms with E-state index in [0.717, 1.165) is 11.2 Å². The Morgan fingerprint density at radius 3 is 2.15 bits per heavy atom. The van der Waals surface area contributed by atoms with Crippen LogP contribution in [0.3, 0.4) is 0 Å². The Balaban J connectivity index is 1.80. The highest BCUT2D eigenvalue weighted by atomic mass is 32.2. The Kier molecular flexibility index (Phi) is 5.01. The van der Waals surface area contributed by atoms with E-state index in [9.17, 15) is 8.42 Å². The maximum absolute atomic E-state index is 12.2. The lowest BCUT2D eigenvalue weighted by Gasteiger charge is -2.32. The number of sulfonamides is 1. The Morgan fingerprint density at radius 1 is 1.07 bits per heavy atom. The standard InChI is InChI=1S/C18H26BN3O4S/c1-13(2)21-27(23,24)16-9-7-15(8-10-16)22-12-14(11-20-22)19-25-17(3,4)18(5,6)26-19/h7-13,21H,1-6H3. The normalized spacial score (nSPS) is 19.0. The highest BCUT2D eigenvalue weighted by Gasteiger charge is 2.52. The van der Waals surface area contributed by atoms with Gasteiger partial charge >= 0.3 is 7.12 Å². The molecule has 2 heterocycles. The lowest BCUT2D eigenvalue weighted by atomic mass is 9.82.